The SMILES string of the molecule is C[N+]1=C(c2cccnc2C=NO)OCC1(C)C. The van der Waals surface area contributed by atoms with Gasteiger partial charge in [0.25, 0.3) is 0 Å². The van der Waals surface area contributed by atoms with Crippen molar-refractivity contribution in [1.82, 2.24) is 4.98 Å². The van der Waals surface area contributed by atoms with Gasteiger partial charge in [0.15, 0.2) is 12.1 Å². The van der Waals surface area contributed by atoms with E-state index < -0.39 is 0 Å². The molecule has 0 unspecified atom stereocenters. The first kappa shape index (κ1) is 11.6. The smallest absolute Gasteiger partial charge is 0.372 e. The molecule has 1 aromatic rings. The fraction of sp³-hybridized carbons (Fsp3) is 0.417. The average Bonchev–Trinajstić information content (AvgIpc) is 2.56. The Morgan fingerprint density at radius 1 is 1.59 bits per heavy atom. The highest BCUT2D eigenvalue weighted by atomic mass is 16.5. The van der Waals surface area contributed by atoms with Crippen molar-refractivity contribution in [2.45, 2.75) is 19.4 Å². The van der Waals surface area contributed by atoms with Crippen molar-refractivity contribution in [2.75, 3.05) is 13.7 Å². The molecule has 2 rings (SSSR count). The van der Waals surface area contributed by atoms with Gasteiger partial charge in [0, 0.05) is 20.0 Å². The van der Waals surface area contributed by atoms with Crippen LogP contribution in [0.1, 0.15) is 25.1 Å². The molecule has 0 atom stereocenters. The van der Waals surface area contributed by atoms with Crippen molar-refractivity contribution in [2.24, 2.45) is 5.16 Å². The van der Waals surface area contributed by atoms with Gasteiger partial charge in [-0.15, -0.1) is 0 Å². The van der Waals surface area contributed by atoms with E-state index in [1.165, 1.54) is 6.21 Å². The Balaban J connectivity index is 2.52. The van der Waals surface area contributed by atoms with Gasteiger partial charge in [0.1, 0.15) is 18.3 Å². The number of hydrogen-bond donors (Lipinski definition) is 1. The Bertz CT molecular complexity index is 492. The normalized spacial score (nSPS) is 18.8. The van der Waals surface area contributed by atoms with E-state index in [0.29, 0.717) is 12.3 Å². The third kappa shape index (κ3) is 2.00. The lowest BCUT2D eigenvalue weighted by atomic mass is 10.1. The lowest BCUT2D eigenvalue weighted by molar-refractivity contribution is -0.562. The van der Waals surface area contributed by atoms with Crippen LogP contribution in [0.25, 0.3) is 0 Å². The van der Waals surface area contributed by atoms with Gasteiger partial charge in [0.05, 0.1) is 6.21 Å². The molecule has 1 aliphatic rings. The minimum absolute atomic E-state index is 0.0429. The van der Waals surface area contributed by atoms with Crippen molar-refractivity contribution in [3.8, 4) is 0 Å². The molecular formula is C12H16N3O2+. The van der Waals surface area contributed by atoms with E-state index in [-0.39, 0.29) is 5.54 Å². The highest BCUT2D eigenvalue weighted by Crippen LogP contribution is 2.20. The molecule has 90 valence electrons. The predicted octanol–water partition coefficient (Wildman–Crippen LogP) is 1.09. The van der Waals surface area contributed by atoms with Gasteiger partial charge in [-0.05, 0) is 12.1 Å². The highest BCUT2D eigenvalue weighted by molar-refractivity contribution is 5.98. The number of oxime groups is 1. The van der Waals surface area contributed by atoms with Gasteiger partial charge in [-0.25, -0.2) is 0 Å². The van der Waals surface area contributed by atoms with Crippen LogP contribution in [-0.2, 0) is 4.74 Å². The van der Waals surface area contributed by atoms with Crippen molar-refractivity contribution < 1.29 is 14.5 Å². The molecule has 0 bridgehead atoms. The topological polar surface area (TPSA) is 57.7 Å². The summed E-state index contributed by atoms with van der Waals surface area (Å²) >= 11 is 0. The molecule has 0 radical (unpaired) electrons. The molecular weight excluding hydrogens is 218 g/mol. The van der Waals surface area contributed by atoms with Crippen molar-refractivity contribution in [3.63, 3.8) is 0 Å². The average molecular weight is 234 g/mol. The Hall–Kier alpha value is -1.91. The molecule has 17 heavy (non-hydrogen) atoms. The van der Waals surface area contributed by atoms with E-state index in [2.05, 4.69) is 28.6 Å². The molecule has 0 amide bonds. The van der Waals surface area contributed by atoms with E-state index in [9.17, 15) is 0 Å². The molecule has 0 aromatic carbocycles. The molecule has 0 aliphatic carbocycles. The maximum Gasteiger partial charge on any atom is 0.372 e. The largest absolute Gasteiger partial charge is 0.437 e. The number of ether oxygens (including phenoxy) is 1. The van der Waals surface area contributed by atoms with Crippen molar-refractivity contribution >= 4 is 12.1 Å². The fourth-order valence-corrected chi connectivity index (χ4v) is 1.73. The van der Waals surface area contributed by atoms with Gasteiger partial charge in [0.2, 0.25) is 0 Å². The molecule has 0 saturated carbocycles. The number of aromatic nitrogens is 1. The second-order valence-electron chi connectivity index (χ2n) is 4.65. The van der Waals surface area contributed by atoms with Crippen LogP contribution >= 0.6 is 0 Å². The monoisotopic (exact) mass is 234 g/mol. The Labute approximate surface area is 100 Å². The van der Waals surface area contributed by atoms with Crippen LogP contribution in [0.15, 0.2) is 23.5 Å². The number of nitrogens with zero attached hydrogens (tertiary/aromatic N) is 3. The first-order valence-electron chi connectivity index (χ1n) is 5.42. The van der Waals surface area contributed by atoms with E-state index in [0.717, 1.165) is 11.5 Å². The maximum atomic E-state index is 8.62. The maximum absolute atomic E-state index is 8.62. The van der Waals surface area contributed by atoms with Crippen LogP contribution in [0.3, 0.4) is 0 Å². The summed E-state index contributed by atoms with van der Waals surface area (Å²) in [6.45, 7) is 4.84. The number of pyridine rings is 1. The van der Waals surface area contributed by atoms with Crippen LogP contribution in [0.2, 0.25) is 0 Å². The standard InChI is InChI=1S/C12H15N3O2/c1-12(2)8-17-11(15(12)3)9-5-4-6-13-10(9)7-14-16/h4-7H,8H2,1-3H3/p+1. The minimum Gasteiger partial charge on any atom is -0.437 e. The predicted molar refractivity (Wildman–Crippen MR) is 63.9 cm³/mol. The van der Waals surface area contributed by atoms with Crippen molar-refractivity contribution in [1.29, 1.82) is 0 Å². The molecule has 0 spiro atoms. The molecule has 1 aliphatic heterocycles. The third-order valence-corrected chi connectivity index (χ3v) is 3.02. The number of hydrogen-bond acceptors (Lipinski definition) is 4. The van der Waals surface area contributed by atoms with Crippen LogP contribution < -0.4 is 0 Å². The summed E-state index contributed by atoms with van der Waals surface area (Å²) in [7, 11) is 1.98. The van der Waals surface area contributed by atoms with E-state index in [4.69, 9.17) is 9.94 Å². The molecule has 5 nitrogen and oxygen atoms in total. The summed E-state index contributed by atoms with van der Waals surface area (Å²) in [5.41, 5.74) is 1.38. The summed E-state index contributed by atoms with van der Waals surface area (Å²) in [5.74, 6) is 0.762. The zero-order valence-corrected chi connectivity index (χ0v) is 10.2. The summed E-state index contributed by atoms with van der Waals surface area (Å²) in [5, 5.41) is 11.6. The van der Waals surface area contributed by atoms with Gasteiger partial charge in [-0.1, -0.05) is 5.16 Å². The molecule has 0 saturated heterocycles. The van der Waals surface area contributed by atoms with E-state index in [1.807, 2.05) is 19.2 Å². The summed E-state index contributed by atoms with van der Waals surface area (Å²) in [6.07, 6.45) is 2.96. The second-order valence-corrected chi connectivity index (χ2v) is 4.65. The van der Waals surface area contributed by atoms with Crippen LogP contribution in [-0.4, -0.2) is 46.1 Å². The zero-order chi connectivity index (χ0) is 12.5. The Morgan fingerprint density at radius 3 is 2.94 bits per heavy atom. The minimum atomic E-state index is -0.0429. The van der Waals surface area contributed by atoms with Gasteiger partial charge < -0.3 is 9.94 Å². The van der Waals surface area contributed by atoms with Crippen molar-refractivity contribution in [3.05, 3.63) is 29.6 Å². The third-order valence-electron chi connectivity index (χ3n) is 3.02. The van der Waals surface area contributed by atoms with E-state index >= 15 is 0 Å². The zero-order valence-electron chi connectivity index (χ0n) is 10.2. The summed E-state index contributed by atoms with van der Waals surface area (Å²) in [6, 6.07) is 3.73. The van der Waals surface area contributed by atoms with Crippen LogP contribution in [0.5, 0.6) is 0 Å². The highest BCUT2D eigenvalue weighted by Gasteiger charge is 2.40. The lowest BCUT2D eigenvalue weighted by Crippen LogP contribution is -2.33. The lowest BCUT2D eigenvalue weighted by Gasteiger charge is -2.09. The number of likely N-dealkylation sites (N-methyl/N-ethyl adjacent to an activating group) is 1. The fourth-order valence-electron chi connectivity index (χ4n) is 1.73. The quantitative estimate of drug-likeness (QED) is 0.360. The van der Waals surface area contributed by atoms with Crippen LogP contribution in [0.4, 0.5) is 0 Å². The Morgan fingerprint density at radius 2 is 2.35 bits per heavy atom. The molecule has 2 heterocycles. The van der Waals surface area contributed by atoms with E-state index in [1.54, 1.807) is 6.20 Å². The molecule has 5 heteroatoms. The van der Waals surface area contributed by atoms with Crippen LogP contribution in [0, 0.1) is 0 Å². The first-order valence-corrected chi connectivity index (χ1v) is 5.42. The first-order chi connectivity index (χ1) is 8.06. The second kappa shape index (κ2) is 4.16. The summed E-state index contributed by atoms with van der Waals surface area (Å²) in [4.78, 5) is 4.16. The van der Waals surface area contributed by atoms with Gasteiger partial charge >= 0.3 is 5.90 Å². The van der Waals surface area contributed by atoms with Gasteiger partial charge in [-0.3, -0.25) is 4.98 Å². The molecule has 0 fully saturated rings. The Kier molecular flexibility index (Phi) is 2.83. The molecule has 1 N–H and O–H groups in total. The molecule has 1 aromatic heterocycles. The number of rotatable bonds is 2. The van der Waals surface area contributed by atoms with Gasteiger partial charge in [-0.2, -0.15) is 4.58 Å². The summed E-state index contributed by atoms with van der Waals surface area (Å²) < 4.78 is 7.78.